The standard InChI is InChI=1S/C34H40ClN5O7/c1-3-9-25(29(41)31(43)36-24-14-15-24)37-30(42)28-19-34(18-27(39-47-34)22-12-8-13-23(35)17-22)20-40(28)32(44)26(38-33(45)46-4-2)16-21-10-6-5-7-11-21/h5-8,10-13,17-18,24-26,28,39H,3-4,9,14-16,19-20H2,1-2H3,(H,36,43)(H,37,42)(H,38,45)/t25-,26-,28-,34+/m0/s1. The molecule has 0 aromatic heterocycles. The largest absolute Gasteiger partial charge is 0.450 e. The van der Waals surface area contributed by atoms with Crippen molar-refractivity contribution in [3.8, 4) is 0 Å². The van der Waals surface area contributed by atoms with E-state index in [1.165, 1.54) is 4.90 Å². The van der Waals surface area contributed by atoms with Crippen LogP contribution in [0.15, 0.2) is 60.7 Å². The Morgan fingerprint density at radius 1 is 1.04 bits per heavy atom. The third-order valence-electron chi connectivity index (χ3n) is 8.34. The molecule has 4 amide bonds. The molecule has 1 saturated carbocycles. The van der Waals surface area contributed by atoms with Crippen molar-refractivity contribution in [3.05, 3.63) is 76.8 Å². The highest BCUT2D eigenvalue weighted by atomic mass is 35.5. The summed E-state index contributed by atoms with van der Waals surface area (Å²) < 4.78 is 5.09. The van der Waals surface area contributed by atoms with Gasteiger partial charge in [-0.05, 0) is 50.0 Å². The van der Waals surface area contributed by atoms with Gasteiger partial charge in [-0.3, -0.25) is 29.5 Å². The molecule has 4 N–H and O–H groups in total. The van der Waals surface area contributed by atoms with E-state index in [2.05, 4.69) is 21.4 Å². The molecule has 0 unspecified atom stereocenters. The second-order valence-electron chi connectivity index (χ2n) is 12.1. The summed E-state index contributed by atoms with van der Waals surface area (Å²) in [6.07, 6.45) is 3.63. The number of nitrogens with zero attached hydrogens (tertiary/aromatic N) is 1. The molecule has 1 saturated heterocycles. The Morgan fingerprint density at radius 3 is 2.49 bits per heavy atom. The first-order valence-corrected chi connectivity index (χ1v) is 16.3. The smallest absolute Gasteiger partial charge is 0.407 e. The molecule has 3 aliphatic rings. The first-order valence-electron chi connectivity index (χ1n) is 16.0. The van der Waals surface area contributed by atoms with Gasteiger partial charge in [-0.1, -0.05) is 67.4 Å². The lowest BCUT2D eigenvalue weighted by Crippen LogP contribution is -2.56. The van der Waals surface area contributed by atoms with Gasteiger partial charge in [0.25, 0.3) is 5.91 Å². The lowest BCUT2D eigenvalue weighted by atomic mass is 9.97. The van der Waals surface area contributed by atoms with Crippen LogP contribution in [-0.4, -0.2) is 77.4 Å². The highest BCUT2D eigenvalue weighted by Gasteiger charge is 2.53. The molecule has 13 heteroatoms. The number of carbonyl (C=O) groups is 5. The van der Waals surface area contributed by atoms with Gasteiger partial charge < -0.3 is 25.6 Å². The summed E-state index contributed by atoms with van der Waals surface area (Å²) in [6.45, 7) is 3.57. The van der Waals surface area contributed by atoms with Crippen molar-refractivity contribution < 1.29 is 33.5 Å². The molecule has 2 heterocycles. The number of hydrogen-bond donors (Lipinski definition) is 4. The second-order valence-corrected chi connectivity index (χ2v) is 12.5. The van der Waals surface area contributed by atoms with Crippen molar-refractivity contribution in [2.24, 2.45) is 0 Å². The van der Waals surface area contributed by atoms with E-state index in [1.54, 1.807) is 25.1 Å². The number of nitrogens with one attached hydrogen (secondary N) is 4. The summed E-state index contributed by atoms with van der Waals surface area (Å²) >= 11 is 6.22. The van der Waals surface area contributed by atoms with Crippen LogP contribution in [0.1, 0.15) is 57.1 Å². The number of hydroxylamine groups is 1. The zero-order valence-electron chi connectivity index (χ0n) is 26.4. The van der Waals surface area contributed by atoms with Crippen LogP contribution in [0, 0.1) is 0 Å². The van der Waals surface area contributed by atoms with Gasteiger partial charge in [-0.25, -0.2) is 4.79 Å². The van der Waals surface area contributed by atoms with Gasteiger partial charge in [0.05, 0.1) is 24.9 Å². The predicted molar refractivity (Wildman–Crippen MR) is 174 cm³/mol. The minimum absolute atomic E-state index is 0.0202. The number of Topliss-reactive ketones (excluding diaryl/α,β-unsaturated/α-hetero) is 1. The van der Waals surface area contributed by atoms with Crippen molar-refractivity contribution in [3.63, 3.8) is 0 Å². The van der Waals surface area contributed by atoms with Crippen molar-refractivity contribution in [2.45, 2.75) is 82.1 Å². The maximum absolute atomic E-state index is 14.4. The third-order valence-corrected chi connectivity index (χ3v) is 8.58. The van der Waals surface area contributed by atoms with E-state index in [-0.39, 0.29) is 38.5 Å². The van der Waals surface area contributed by atoms with Gasteiger partial charge in [-0.2, -0.15) is 0 Å². The van der Waals surface area contributed by atoms with Crippen LogP contribution in [0.3, 0.4) is 0 Å². The number of rotatable bonds is 13. The Kier molecular flexibility index (Phi) is 10.8. The van der Waals surface area contributed by atoms with E-state index < -0.39 is 53.3 Å². The van der Waals surface area contributed by atoms with E-state index in [1.807, 2.05) is 49.4 Å². The number of ketones is 1. The minimum Gasteiger partial charge on any atom is -0.450 e. The highest BCUT2D eigenvalue weighted by Crippen LogP contribution is 2.38. The highest BCUT2D eigenvalue weighted by molar-refractivity contribution is 6.38. The molecule has 12 nitrogen and oxygen atoms in total. The number of carbonyl (C=O) groups excluding carboxylic acids is 5. The summed E-state index contributed by atoms with van der Waals surface area (Å²) in [5.74, 6) is -2.60. The fourth-order valence-electron chi connectivity index (χ4n) is 5.85. The summed E-state index contributed by atoms with van der Waals surface area (Å²) in [5, 5.41) is 8.64. The number of likely N-dealkylation sites (tertiary alicyclic amines) is 1. The Bertz CT molecular complexity index is 1530. The van der Waals surface area contributed by atoms with E-state index in [9.17, 15) is 24.0 Å². The molecule has 1 aliphatic carbocycles. The molecule has 4 atom stereocenters. The molecule has 0 radical (unpaired) electrons. The van der Waals surface area contributed by atoms with Gasteiger partial charge >= 0.3 is 6.09 Å². The van der Waals surface area contributed by atoms with Crippen LogP contribution in [0.25, 0.3) is 5.70 Å². The van der Waals surface area contributed by atoms with Crippen LogP contribution in [0.5, 0.6) is 0 Å². The van der Waals surface area contributed by atoms with Crippen LogP contribution >= 0.6 is 11.6 Å². The zero-order chi connectivity index (χ0) is 33.6. The number of hydrogen-bond acceptors (Lipinski definition) is 8. The number of halogens is 1. The first-order chi connectivity index (χ1) is 22.6. The predicted octanol–water partition coefficient (Wildman–Crippen LogP) is 3.05. The van der Waals surface area contributed by atoms with E-state index in [4.69, 9.17) is 21.2 Å². The normalized spacial score (nSPS) is 21.3. The fourth-order valence-corrected chi connectivity index (χ4v) is 6.04. The molecule has 5 rings (SSSR count). The van der Waals surface area contributed by atoms with Crippen molar-refractivity contribution in [1.29, 1.82) is 0 Å². The Hall–Kier alpha value is -4.42. The van der Waals surface area contributed by atoms with Crippen molar-refractivity contribution in [2.75, 3.05) is 13.2 Å². The molecular formula is C34H40ClN5O7. The first kappa shape index (κ1) is 33.9. The Morgan fingerprint density at radius 2 is 1.81 bits per heavy atom. The van der Waals surface area contributed by atoms with Gasteiger partial charge in [-0.15, -0.1) is 0 Å². The summed E-state index contributed by atoms with van der Waals surface area (Å²) in [6, 6.07) is 13.1. The zero-order valence-corrected chi connectivity index (χ0v) is 27.2. The minimum atomic E-state index is -1.12. The van der Waals surface area contributed by atoms with Crippen molar-refractivity contribution >= 4 is 46.9 Å². The van der Waals surface area contributed by atoms with Crippen LogP contribution < -0.4 is 21.4 Å². The lowest BCUT2D eigenvalue weighted by molar-refractivity contribution is -0.143. The van der Waals surface area contributed by atoms with E-state index in [0.29, 0.717) is 17.1 Å². The molecule has 0 bridgehead atoms. The molecule has 250 valence electrons. The maximum Gasteiger partial charge on any atom is 0.407 e. The molecule has 2 aromatic carbocycles. The topological polar surface area (TPSA) is 155 Å². The third kappa shape index (κ3) is 8.49. The van der Waals surface area contributed by atoms with E-state index in [0.717, 1.165) is 24.0 Å². The van der Waals surface area contributed by atoms with Gasteiger partial charge in [0.15, 0.2) is 0 Å². The molecule has 2 aliphatic heterocycles. The SMILES string of the molecule is CCC[C@H](NC(=O)[C@@H]1C[C@]2(C=C(c3cccc(Cl)c3)NO2)CN1C(=O)[C@H](Cc1ccccc1)NC(=O)OCC)C(=O)C(=O)NC1CC1. The van der Waals surface area contributed by atoms with E-state index >= 15 is 0 Å². The van der Waals surface area contributed by atoms with Crippen LogP contribution in [0.2, 0.25) is 5.02 Å². The fraction of sp³-hybridized carbons (Fsp3) is 0.441. The van der Waals surface area contributed by atoms with Crippen LogP contribution in [-0.2, 0) is 35.2 Å². The number of benzene rings is 2. The molecule has 2 aromatic rings. The number of alkyl carbamates (subject to hydrolysis) is 1. The monoisotopic (exact) mass is 665 g/mol. The van der Waals surface area contributed by atoms with Gasteiger partial charge in [0.2, 0.25) is 17.6 Å². The number of amides is 4. The van der Waals surface area contributed by atoms with Gasteiger partial charge in [0.1, 0.15) is 17.7 Å². The average Bonchev–Trinajstić information content (AvgIpc) is 3.65. The maximum atomic E-state index is 14.4. The average molecular weight is 666 g/mol. The quantitative estimate of drug-likeness (QED) is 0.238. The van der Waals surface area contributed by atoms with Crippen molar-refractivity contribution in [1.82, 2.24) is 26.3 Å². The summed E-state index contributed by atoms with van der Waals surface area (Å²) in [5.41, 5.74) is 3.95. The lowest BCUT2D eigenvalue weighted by Gasteiger charge is -2.29. The molecule has 2 fully saturated rings. The van der Waals surface area contributed by atoms with Crippen LogP contribution in [0.4, 0.5) is 4.79 Å². The molecular weight excluding hydrogens is 626 g/mol. The Labute approximate surface area is 278 Å². The second kappa shape index (κ2) is 15.0. The molecule has 1 spiro atoms. The summed E-state index contributed by atoms with van der Waals surface area (Å²) in [7, 11) is 0. The molecule has 47 heavy (non-hydrogen) atoms. The van der Waals surface area contributed by atoms with Gasteiger partial charge in [0, 0.05) is 29.5 Å². The summed E-state index contributed by atoms with van der Waals surface area (Å²) in [4.78, 5) is 74.1. The number of ether oxygens (including phenoxy) is 1. The Balaban J connectivity index is 1.44.